The molecule has 2 aromatic heterocycles. The van der Waals surface area contributed by atoms with Crippen LogP contribution in [-0.4, -0.2) is 34.1 Å². The second-order valence-corrected chi connectivity index (χ2v) is 7.54. The van der Waals surface area contributed by atoms with Crippen molar-refractivity contribution >= 4 is 33.5 Å². The number of carbonyl (C=O) groups excluding carboxylic acids is 1. The van der Waals surface area contributed by atoms with E-state index in [1.807, 2.05) is 0 Å². The van der Waals surface area contributed by atoms with Gasteiger partial charge in [-0.3, -0.25) is 0 Å². The van der Waals surface area contributed by atoms with Gasteiger partial charge in [0, 0.05) is 24.0 Å². The normalized spacial score (nSPS) is 12.5. The fourth-order valence-corrected chi connectivity index (χ4v) is 3.83. The lowest BCUT2D eigenvalue weighted by molar-refractivity contribution is -0.142. The van der Waals surface area contributed by atoms with E-state index in [-0.39, 0.29) is 26.9 Å². The molecule has 0 saturated carbocycles. The Morgan fingerprint density at radius 1 is 1.06 bits per heavy atom. The number of hydrogen-bond acceptors (Lipinski definition) is 7. The lowest BCUT2D eigenvalue weighted by Crippen LogP contribution is -2.26. The van der Waals surface area contributed by atoms with Gasteiger partial charge < -0.3 is 10.6 Å². The third-order valence-corrected chi connectivity index (χ3v) is 5.45. The Hall–Kier alpha value is -2.93. The van der Waals surface area contributed by atoms with Crippen LogP contribution < -0.4 is 5.73 Å². The minimum Gasteiger partial charge on any atom is -0.368 e. The highest BCUT2D eigenvalue weighted by Gasteiger charge is 2.39. The SMILES string of the molecule is CCN(CC)OC(=O)c1cc2c(-c3ccc(C(F)(F)F)cc3C(F)(F)F)nc(N)nc2s1. The standard InChI is InChI=1S/C19H16F6N4O2S/c1-3-29(4-2)31-16(30)13-8-11-14(27-17(26)28-15(11)32-13)10-6-5-9(18(20,21)22)7-12(10)19(23,24)25/h5-8H,3-4H2,1-2H3,(H2,26,27,28). The summed E-state index contributed by atoms with van der Waals surface area (Å²) < 4.78 is 79.9. The zero-order chi connectivity index (χ0) is 23.8. The first-order valence-corrected chi connectivity index (χ1v) is 9.99. The molecule has 0 bridgehead atoms. The third kappa shape index (κ3) is 4.78. The smallest absolute Gasteiger partial charge is 0.368 e. The number of fused-ring (bicyclic) bond motifs is 1. The van der Waals surface area contributed by atoms with Crippen molar-refractivity contribution in [2.24, 2.45) is 0 Å². The predicted molar refractivity (Wildman–Crippen MR) is 106 cm³/mol. The Morgan fingerprint density at radius 3 is 2.28 bits per heavy atom. The molecule has 0 aliphatic heterocycles. The molecule has 6 nitrogen and oxygen atoms in total. The zero-order valence-electron chi connectivity index (χ0n) is 16.6. The number of carbonyl (C=O) groups is 1. The summed E-state index contributed by atoms with van der Waals surface area (Å²) in [6.45, 7) is 4.34. The van der Waals surface area contributed by atoms with Gasteiger partial charge in [0.2, 0.25) is 5.95 Å². The van der Waals surface area contributed by atoms with Crippen LogP contribution in [0.3, 0.4) is 0 Å². The molecule has 13 heteroatoms. The van der Waals surface area contributed by atoms with Crippen LogP contribution in [0, 0.1) is 0 Å². The Labute approximate surface area is 181 Å². The van der Waals surface area contributed by atoms with Crippen LogP contribution in [0.4, 0.5) is 32.3 Å². The average Bonchev–Trinajstić information content (AvgIpc) is 3.13. The Morgan fingerprint density at radius 2 is 1.72 bits per heavy atom. The van der Waals surface area contributed by atoms with E-state index in [0.29, 0.717) is 25.2 Å². The molecule has 32 heavy (non-hydrogen) atoms. The molecule has 0 spiro atoms. The third-order valence-electron chi connectivity index (χ3n) is 4.44. The number of hydroxylamine groups is 2. The van der Waals surface area contributed by atoms with Crippen molar-refractivity contribution in [3.63, 3.8) is 0 Å². The van der Waals surface area contributed by atoms with Crippen LogP contribution >= 0.6 is 11.3 Å². The number of benzene rings is 1. The second kappa shape index (κ2) is 8.54. The zero-order valence-corrected chi connectivity index (χ0v) is 17.5. The average molecular weight is 478 g/mol. The number of alkyl halides is 6. The summed E-state index contributed by atoms with van der Waals surface area (Å²) in [5.41, 5.74) is 1.67. The second-order valence-electron chi connectivity index (χ2n) is 6.51. The first-order valence-electron chi connectivity index (χ1n) is 9.18. The molecule has 1 aromatic carbocycles. The highest BCUT2D eigenvalue weighted by molar-refractivity contribution is 7.20. The van der Waals surface area contributed by atoms with Crippen LogP contribution in [0.5, 0.6) is 0 Å². The number of aromatic nitrogens is 2. The molecular formula is C19H16F6N4O2S. The van der Waals surface area contributed by atoms with E-state index in [1.165, 1.54) is 11.1 Å². The number of nitrogens with two attached hydrogens (primary N) is 1. The largest absolute Gasteiger partial charge is 0.417 e. The lowest BCUT2D eigenvalue weighted by Gasteiger charge is -2.16. The number of nitrogen functional groups attached to an aromatic ring is 1. The van der Waals surface area contributed by atoms with Gasteiger partial charge in [-0.15, -0.1) is 16.4 Å². The summed E-state index contributed by atoms with van der Waals surface area (Å²) in [5.74, 6) is -1.16. The van der Waals surface area contributed by atoms with E-state index < -0.39 is 41.0 Å². The molecule has 0 saturated heterocycles. The molecule has 0 unspecified atom stereocenters. The van der Waals surface area contributed by atoms with E-state index in [0.717, 1.165) is 11.3 Å². The molecule has 0 fully saturated rings. The van der Waals surface area contributed by atoms with Gasteiger partial charge in [0.1, 0.15) is 9.71 Å². The van der Waals surface area contributed by atoms with Gasteiger partial charge in [-0.1, -0.05) is 6.07 Å². The molecule has 0 aliphatic rings. The highest BCUT2D eigenvalue weighted by Crippen LogP contribution is 2.43. The number of nitrogens with zero attached hydrogens (tertiary/aromatic N) is 3. The van der Waals surface area contributed by atoms with Crippen LogP contribution in [0.25, 0.3) is 21.5 Å². The number of thiophene rings is 1. The quantitative estimate of drug-likeness (QED) is 0.391. The topological polar surface area (TPSA) is 81.3 Å². The van der Waals surface area contributed by atoms with Gasteiger partial charge in [0.05, 0.1) is 16.8 Å². The van der Waals surface area contributed by atoms with Gasteiger partial charge in [0.25, 0.3) is 0 Å². The number of rotatable bonds is 5. The molecule has 0 atom stereocenters. The Kier molecular flexibility index (Phi) is 6.33. The van der Waals surface area contributed by atoms with Crippen molar-refractivity contribution in [3.05, 3.63) is 40.3 Å². The summed E-state index contributed by atoms with van der Waals surface area (Å²) in [7, 11) is 0. The summed E-state index contributed by atoms with van der Waals surface area (Å²) in [6.07, 6.45) is -10.1. The van der Waals surface area contributed by atoms with Crippen molar-refractivity contribution in [3.8, 4) is 11.3 Å². The van der Waals surface area contributed by atoms with E-state index in [1.54, 1.807) is 13.8 Å². The highest BCUT2D eigenvalue weighted by atomic mass is 32.1. The maximum Gasteiger partial charge on any atom is 0.417 e. The summed E-state index contributed by atoms with van der Waals surface area (Å²) in [5, 5.41) is 1.40. The minimum absolute atomic E-state index is 0.0153. The first kappa shape index (κ1) is 23.7. The fourth-order valence-electron chi connectivity index (χ4n) is 2.92. The predicted octanol–water partition coefficient (Wildman–Crippen LogP) is 5.39. The molecule has 2 N–H and O–H groups in total. The molecule has 0 amide bonds. The number of halogens is 6. The maximum absolute atomic E-state index is 13.6. The summed E-state index contributed by atoms with van der Waals surface area (Å²) in [4.78, 5) is 25.5. The monoisotopic (exact) mass is 478 g/mol. The van der Waals surface area contributed by atoms with Gasteiger partial charge >= 0.3 is 18.3 Å². The minimum atomic E-state index is -5.11. The summed E-state index contributed by atoms with van der Waals surface area (Å²) >= 11 is 0.819. The fraction of sp³-hybridized carbons (Fsp3) is 0.316. The molecule has 3 rings (SSSR count). The van der Waals surface area contributed by atoms with Crippen molar-refractivity contribution < 1.29 is 36.0 Å². The van der Waals surface area contributed by atoms with Gasteiger partial charge in [0.15, 0.2) is 0 Å². The molecule has 0 radical (unpaired) electrons. The van der Waals surface area contributed by atoms with Crippen LogP contribution in [0.15, 0.2) is 24.3 Å². The van der Waals surface area contributed by atoms with E-state index in [2.05, 4.69) is 9.97 Å². The van der Waals surface area contributed by atoms with E-state index in [9.17, 15) is 31.1 Å². The van der Waals surface area contributed by atoms with Gasteiger partial charge in [-0.25, -0.2) is 14.8 Å². The maximum atomic E-state index is 13.6. The van der Waals surface area contributed by atoms with Crippen LogP contribution in [0.2, 0.25) is 0 Å². The Bertz CT molecular complexity index is 1160. The van der Waals surface area contributed by atoms with Crippen molar-refractivity contribution in [2.45, 2.75) is 26.2 Å². The van der Waals surface area contributed by atoms with E-state index in [4.69, 9.17) is 10.6 Å². The van der Waals surface area contributed by atoms with Crippen molar-refractivity contribution in [1.29, 1.82) is 0 Å². The number of hydrogen-bond donors (Lipinski definition) is 1. The van der Waals surface area contributed by atoms with E-state index >= 15 is 0 Å². The molecule has 172 valence electrons. The van der Waals surface area contributed by atoms with Gasteiger partial charge in [-0.2, -0.15) is 26.3 Å². The van der Waals surface area contributed by atoms with Crippen molar-refractivity contribution in [1.82, 2.24) is 15.0 Å². The van der Waals surface area contributed by atoms with Gasteiger partial charge in [-0.05, 0) is 32.0 Å². The molecule has 0 aliphatic carbocycles. The first-order chi connectivity index (χ1) is 14.8. The number of anilines is 1. The van der Waals surface area contributed by atoms with Crippen molar-refractivity contribution in [2.75, 3.05) is 18.8 Å². The lowest BCUT2D eigenvalue weighted by atomic mass is 9.99. The summed E-state index contributed by atoms with van der Waals surface area (Å²) in [6, 6.07) is 2.45. The Balaban J connectivity index is 2.19. The molecular weight excluding hydrogens is 462 g/mol. The molecule has 3 aromatic rings. The van der Waals surface area contributed by atoms with Crippen LogP contribution in [-0.2, 0) is 17.2 Å². The van der Waals surface area contributed by atoms with Crippen LogP contribution in [0.1, 0.15) is 34.6 Å². The molecule has 2 heterocycles.